The highest BCUT2D eigenvalue weighted by molar-refractivity contribution is 4.82. The average Bonchev–Trinajstić information content (AvgIpc) is 2.29. The molecule has 2 atom stereocenters. The molecule has 1 fully saturated rings. The predicted octanol–water partition coefficient (Wildman–Crippen LogP) is 3.22. The molecule has 0 spiro atoms. The Balaban J connectivity index is 2.42. The summed E-state index contributed by atoms with van der Waals surface area (Å²) < 4.78 is 5.40. The van der Waals surface area contributed by atoms with Crippen LogP contribution in [-0.2, 0) is 4.74 Å². The van der Waals surface area contributed by atoms with E-state index in [-0.39, 0.29) is 0 Å². The molecule has 2 nitrogen and oxygen atoms in total. The Kier molecular flexibility index (Phi) is 6.37. The normalized spacial score (nSPS) is 30.0. The number of hydrogen-bond donors (Lipinski definition) is 1. The Morgan fingerprint density at radius 3 is 2.38 bits per heavy atom. The maximum Gasteiger partial charge on any atom is 0.0558 e. The average molecular weight is 227 g/mol. The number of hydrogen-bond acceptors (Lipinski definition) is 2. The first kappa shape index (κ1) is 14.0. The van der Waals surface area contributed by atoms with Crippen LogP contribution in [-0.4, -0.2) is 25.8 Å². The van der Waals surface area contributed by atoms with E-state index in [0.29, 0.717) is 12.1 Å². The molecule has 1 saturated carbocycles. The second-order valence-corrected chi connectivity index (χ2v) is 5.47. The lowest BCUT2D eigenvalue weighted by molar-refractivity contribution is 0.0854. The van der Waals surface area contributed by atoms with Crippen molar-refractivity contribution in [2.75, 3.05) is 13.7 Å². The SMILES string of the molecule is CCNC(CC(C)OC)C1CCC(C)CC1. The molecule has 0 radical (unpaired) electrons. The van der Waals surface area contributed by atoms with Crippen molar-refractivity contribution in [2.24, 2.45) is 11.8 Å². The van der Waals surface area contributed by atoms with E-state index in [1.807, 2.05) is 7.11 Å². The topological polar surface area (TPSA) is 21.3 Å². The van der Waals surface area contributed by atoms with E-state index in [0.717, 1.165) is 24.8 Å². The van der Waals surface area contributed by atoms with Crippen molar-refractivity contribution in [1.29, 1.82) is 0 Å². The van der Waals surface area contributed by atoms with Crippen molar-refractivity contribution >= 4 is 0 Å². The maximum atomic E-state index is 5.40. The first-order valence-electron chi connectivity index (χ1n) is 6.93. The highest BCUT2D eigenvalue weighted by atomic mass is 16.5. The minimum absolute atomic E-state index is 0.378. The van der Waals surface area contributed by atoms with E-state index in [4.69, 9.17) is 4.74 Å². The largest absolute Gasteiger partial charge is 0.382 e. The number of ether oxygens (including phenoxy) is 1. The van der Waals surface area contributed by atoms with Gasteiger partial charge in [-0.3, -0.25) is 0 Å². The monoisotopic (exact) mass is 227 g/mol. The summed E-state index contributed by atoms with van der Waals surface area (Å²) in [6.07, 6.45) is 7.15. The van der Waals surface area contributed by atoms with Gasteiger partial charge in [0.2, 0.25) is 0 Å². The molecule has 0 aromatic rings. The second-order valence-electron chi connectivity index (χ2n) is 5.47. The van der Waals surface area contributed by atoms with Gasteiger partial charge in [0, 0.05) is 13.2 Å². The fraction of sp³-hybridized carbons (Fsp3) is 1.00. The molecule has 2 heteroatoms. The van der Waals surface area contributed by atoms with Crippen LogP contribution < -0.4 is 5.32 Å². The summed E-state index contributed by atoms with van der Waals surface area (Å²) in [4.78, 5) is 0. The van der Waals surface area contributed by atoms with Gasteiger partial charge in [0.1, 0.15) is 0 Å². The molecule has 0 heterocycles. The van der Waals surface area contributed by atoms with E-state index >= 15 is 0 Å². The highest BCUT2D eigenvalue weighted by Crippen LogP contribution is 2.31. The highest BCUT2D eigenvalue weighted by Gasteiger charge is 2.26. The molecule has 1 aliphatic rings. The Morgan fingerprint density at radius 1 is 1.25 bits per heavy atom. The Hall–Kier alpha value is -0.0800. The first-order valence-corrected chi connectivity index (χ1v) is 6.93. The van der Waals surface area contributed by atoms with Crippen molar-refractivity contribution in [3.8, 4) is 0 Å². The third-order valence-corrected chi connectivity index (χ3v) is 4.08. The number of methoxy groups -OCH3 is 1. The minimum Gasteiger partial charge on any atom is -0.382 e. The zero-order valence-corrected chi connectivity index (χ0v) is 11.5. The molecule has 0 amide bonds. The molecule has 2 unspecified atom stereocenters. The van der Waals surface area contributed by atoms with Crippen LogP contribution in [0.2, 0.25) is 0 Å². The molecular formula is C14H29NO. The van der Waals surface area contributed by atoms with E-state index in [2.05, 4.69) is 26.1 Å². The second kappa shape index (κ2) is 7.29. The predicted molar refractivity (Wildman–Crippen MR) is 69.7 cm³/mol. The lowest BCUT2D eigenvalue weighted by Crippen LogP contribution is -2.40. The number of nitrogens with one attached hydrogen (secondary N) is 1. The fourth-order valence-corrected chi connectivity index (χ4v) is 2.85. The Bertz CT molecular complexity index is 176. The molecule has 96 valence electrons. The summed E-state index contributed by atoms with van der Waals surface area (Å²) in [7, 11) is 1.82. The number of rotatable bonds is 6. The van der Waals surface area contributed by atoms with E-state index in [1.54, 1.807) is 0 Å². The van der Waals surface area contributed by atoms with Crippen LogP contribution in [0.3, 0.4) is 0 Å². The lowest BCUT2D eigenvalue weighted by atomic mass is 9.78. The van der Waals surface area contributed by atoms with Crippen molar-refractivity contribution in [3.05, 3.63) is 0 Å². The molecule has 16 heavy (non-hydrogen) atoms. The summed E-state index contributed by atoms with van der Waals surface area (Å²) >= 11 is 0. The van der Waals surface area contributed by atoms with Gasteiger partial charge in [0.05, 0.1) is 6.10 Å². The summed E-state index contributed by atoms with van der Waals surface area (Å²) in [5.41, 5.74) is 0. The van der Waals surface area contributed by atoms with Crippen molar-refractivity contribution in [1.82, 2.24) is 5.32 Å². The molecule has 1 N–H and O–H groups in total. The third kappa shape index (κ3) is 4.42. The van der Waals surface area contributed by atoms with Gasteiger partial charge in [-0.1, -0.05) is 26.7 Å². The zero-order chi connectivity index (χ0) is 12.0. The van der Waals surface area contributed by atoms with Crippen LogP contribution in [0.5, 0.6) is 0 Å². The Labute approximate surface area is 101 Å². The molecule has 0 aliphatic heterocycles. The van der Waals surface area contributed by atoms with Gasteiger partial charge in [0.25, 0.3) is 0 Å². The van der Waals surface area contributed by atoms with Crippen LogP contribution in [0.1, 0.15) is 52.9 Å². The molecular weight excluding hydrogens is 198 g/mol. The standard InChI is InChI=1S/C14H29NO/c1-5-15-14(10-12(3)16-4)13-8-6-11(2)7-9-13/h11-15H,5-10H2,1-4H3. The smallest absolute Gasteiger partial charge is 0.0558 e. The minimum atomic E-state index is 0.378. The van der Waals surface area contributed by atoms with Gasteiger partial charge in [-0.25, -0.2) is 0 Å². The zero-order valence-electron chi connectivity index (χ0n) is 11.5. The van der Waals surface area contributed by atoms with Crippen molar-refractivity contribution in [2.45, 2.75) is 65.0 Å². The molecule has 0 saturated heterocycles. The van der Waals surface area contributed by atoms with Gasteiger partial charge in [-0.05, 0) is 44.6 Å². The van der Waals surface area contributed by atoms with Gasteiger partial charge in [-0.15, -0.1) is 0 Å². The van der Waals surface area contributed by atoms with Crippen molar-refractivity contribution in [3.63, 3.8) is 0 Å². The van der Waals surface area contributed by atoms with Crippen LogP contribution in [0.4, 0.5) is 0 Å². The van der Waals surface area contributed by atoms with Gasteiger partial charge in [0.15, 0.2) is 0 Å². The summed E-state index contributed by atoms with van der Waals surface area (Å²) in [5, 5.41) is 3.65. The van der Waals surface area contributed by atoms with Crippen LogP contribution in [0.15, 0.2) is 0 Å². The van der Waals surface area contributed by atoms with Crippen molar-refractivity contribution < 1.29 is 4.74 Å². The van der Waals surface area contributed by atoms with Crippen LogP contribution in [0, 0.1) is 11.8 Å². The maximum absolute atomic E-state index is 5.40. The van der Waals surface area contributed by atoms with Gasteiger partial charge >= 0.3 is 0 Å². The van der Waals surface area contributed by atoms with Gasteiger partial charge < -0.3 is 10.1 Å². The van der Waals surface area contributed by atoms with E-state index in [9.17, 15) is 0 Å². The molecule has 0 aromatic heterocycles. The molecule has 0 aromatic carbocycles. The van der Waals surface area contributed by atoms with Gasteiger partial charge in [-0.2, -0.15) is 0 Å². The lowest BCUT2D eigenvalue weighted by Gasteiger charge is -2.34. The molecule has 0 bridgehead atoms. The summed E-state index contributed by atoms with van der Waals surface area (Å²) in [6.45, 7) is 7.84. The van der Waals surface area contributed by atoms with Crippen LogP contribution in [0.25, 0.3) is 0 Å². The summed E-state index contributed by atoms with van der Waals surface area (Å²) in [5.74, 6) is 1.81. The summed E-state index contributed by atoms with van der Waals surface area (Å²) in [6, 6.07) is 0.660. The molecule has 1 rings (SSSR count). The van der Waals surface area contributed by atoms with E-state index < -0.39 is 0 Å². The third-order valence-electron chi connectivity index (χ3n) is 4.08. The quantitative estimate of drug-likeness (QED) is 0.752. The van der Waals surface area contributed by atoms with Crippen LogP contribution >= 0.6 is 0 Å². The molecule has 1 aliphatic carbocycles. The van der Waals surface area contributed by atoms with E-state index in [1.165, 1.54) is 25.7 Å². The Morgan fingerprint density at radius 2 is 1.88 bits per heavy atom. The fourth-order valence-electron chi connectivity index (χ4n) is 2.85. The first-order chi connectivity index (χ1) is 7.67.